The van der Waals surface area contributed by atoms with Gasteiger partial charge in [0.05, 0.1) is 12.7 Å². The number of hydrogen-bond acceptors (Lipinski definition) is 6. The van der Waals surface area contributed by atoms with E-state index in [1.807, 2.05) is 0 Å². The molecule has 234 valence electrons. The van der Waals surface area contributed by atoms with Crippen molar-refractivity contribution in [3.63, 3.8) is 0 Å². The highest BCUT2D eigenvalue weighted by Gasteiger charge is 2.59. The van der Waals surface area contributed by atoms with Crippen molar-refractivity contribution in [3.05, 3.63) is 23.8 Å². The Hall–Kier alpha value is -0.760. The van der Waals surface area contributed by atoms with Crippen molar-refractivity contribution < 1.29 is 29.9 Å². The maximum absolute atomic E-state index is 10.5. The summed E-state index contributed by atoms with van der Waals surface area (Å²) in [6, 6.07) is 0. The monoisotopic (exact) mass is 574 g/mol. The predicted octanol–water partition coefficient (Wildman–Crippen LogP) is 5.77. The number of aliphatic hydroxyl groups is 4. The minimum Gasteiger partial charge on any atom is -0.394 e. The molecule has 6 nitrogen and oxygen atoms in total. The van der Waals surface area contributed by atoms with Crippen molar-refractivity contribution in [3.8, 4) is 0 Å². The van der Waals surface area contributed by atoms with Crippen LogP contribution in [-0.4, -0.2) is 63.8 Å². The van der Waals surface area contributed by atoms with Crippen LogP contribution in [0, 0.1) is 46.3 Å². The topological polar surface area (TPSA) is 99.4 Å². The van der Waals surface area contributed by atoms with Gasteiger partial charge in [0.15, 0.2) is 6.29 Å². The molecule has 0 bridgehead atoms. The zero-order chi connectivity index (χ0) is 29.7. The van der Waals surface area contributed by atoms with Gasteiger partial charge < -0.3 is 29.9 Å². The van der Waals surface area contributed by atoms with E-state index >= 15 is 0 Å². The van der Waals surface area contributed by atoms with Crippen molar-refractivity contribution >= 4 is 0 Å². The Labute approximate surface area is 248 Å². The molecule has 5 aliphatic rings. The molecule has 0 spiro atoms. The molecular weight excluding hydrogens is 516 g/mol. The summed E-state index contributed by atoms with van der Waals surface area (Å²) < 4.78 is 11.9. The molecule has 3 saturated carbocycles. The van der Waals surface area contributed by atoms with Gasteiger partial charge in [0.25, 0.3) is 0 Å². The van der Waals surface area contributed by atoms with E-state index in [2.05, 4.69) is 47.3 Å². The molecule has 0 aromatic heterocycles. The summed E-state index contributed by atoms with van der Waals surface area (Å²) in [5.74, 6) is 4.57. The zero-order valence-electron chi connectivity index (χ0n) is 26.3. The maximum Gasteiger partial charge on any atom is 0.186 e. The Morgan fingerprint density at radius 3 is 2.49 bits per heavy atom. The summed E-state index contributed by atoms with van der Waals surface area (Å²) >= 11 is 0. The number of hydrogen-bond donors (Lipinski definition) is 4. The minimum atomic E-state index is -1.40. The lowest BCUT2D eigenvalue weighted by Gasteiger charge is -2.58. The average Bonchev–Trinajstić information content (AvgIpc) is 3.30. The fourth-order valence-corrected chi connectivity index (χ4v) is 10.6. The summed E-state index contributed by atoms with van der Waals surface area (Å²) in [6.07, 6.45) is 9.51. The minimum absolute atomic E-state index is 0.107. The highest BCUT2D eigenvalue weighted by Crippen LogP contribution is 2.67. The summed E-state index contributed by atoms with van der Waals surface area (Å²) in [6.45, 7) is 16.0. The lowest BCUT2D eigenvalue weighted by molar-refractivity contribution is -0.313. The fraction of sp³-hybridized carbons (Fsp3) is 0.886. The molecule has 1 heterocycles. The van der Waals surface area contributed by atoms with Gasteiger partial charge in [-0.25, -0.2) is 0 Å². The standard InChI is InChI=1S/C35H58O6/c1-7-22(20(2)3)9-8-21(4)26-12-13-27-25-11-10-23-18-24(14-16-34(23,5)28(25)15-17-35(26,27)6)40-33-32(39)31(38)30(37)29(19-36)41-33/h10,21-22,24-33,36-39H,2,7-9,11-19H2,1,3-6H3/t21-,22+,24+,25+,26-,27+,28+,29?,30?,31?,32?,33?,34+,35-/m1/s1. The third kappa shape index (κ3) is 5.64. The third-order valence-electron chi connectivity index (χ3n) is 13.2. The van der Waals surface area contributed by atoms with Crippen LogP contribution in [0.3, 0.4) is 0 Å². The van der Waals surface area contributed by atoms with Gasteiger partial charge in [-0.1, -0.05) is 51.5 Å². The molecule has 5 unspecified atom stereocenters. The first kappa shape index (κ1) is 31.7. The quantitative estimate of drug-likeness (QED) is 0.261. The molecular formula is C35H58O6. The maximum atomic E-state index is 10.5. The molecule has 1 saturated heterocycles. The normalized spacial score (nSPS) is 47.5. The molecule has 0 amide bonds. The van der Waals surface area contributed by atoms with Crippen LogP contribution >= 0.6 is 0 Å². The summed E-state index contributed by atoms with van der Waals surface area (Å²) in [5, 5.41) is 40.4. The summed E-state index contributed by atoms with van der Waals surface area (Å²) in [4.78, 5) is 0. The summed E-state index contributed by atoms with van der Waals surface area (Å²) in [7, 11) is 0. The van der Waals surface area contributed by atoms with Gasteiger partial charge in [0.2, 0.25) is 0 Å². The molecule has 6 heteroatoms. The Morgan fingerprint density at radius 1 is 1.05 bits per heavy atom. The Morgan fingerprint density at radius 2 is 1.80 bits per heavy atom. The van der Waals surface area contributed by atoms with Gasteiger partial charge in [-0.05, 0) is 124 Å². The largest absolute Gasteiger partial charge is 0.394 e. The molecule has 0 aromatic rings. The number of aliphatic hydroxyl groups excluding tert-OH is 4. The molecule has 4 aliphatic carbocycles. The highest BCUT2D eigenvalue weighted by atomic mass is 16.7. The average molecular weight is 575 g/mol. The zero-order valence-corrected chi connectivity index (χ0v) is 26.3. The van der Waals surface area contributed by atoms with Crippen LogP contribution in [-0.2, 0) is 9.47 Å². The van der Waals surface area contributed by atoms with Crippen LogP contribution in [0.15, 0.2) is 23.8 Å². The lowest BCUT2D eigenvalue weighted by atomic mass is 9.47. The Balaban J connectivity index is 1.24. The summed E-state index contributed by atoms with van der Waals surface area (Å²) in [5.41, 5.74) is 3.49. The van der Waals surface area contributed by atoms with E-state index in [1.165, 1.54) is 56.1 Å². The van der Waals surface area contributed by atoms with Gasteiger partial charge in [-0.15, -0.1) is 0 Å². The molecule has 41 heavy (non-hydrogen) atoms. The van der Waals surface area contributed by atoms with Crippen LogP contribution in [0.1, 0.15) is 105 Å². The van der Waals surface area contributed by atoms with Crippen molar-refractivity contribution in [1.82, 2.24) is 0 Å². The molecule has 14 atom stereocenters. The van der Waals surface area contributed by atoms with E-state index in [0.717, 1.165) is 55.3 Å². The Bertz CT molecular complexity index is 962. The first-order chi connectivity index (χ1) is 19.4. The van der Waals surface area contributed by atoms with E-state index in [0.29, 0.717) is 11.3 Å². The van der Waals surface area contributed by atoms with Gasteiger partial charge in [0.1, 0.15) is 24.4 Å². The van der Waals surface area contributed by atoms with E-state index in [1.54, 1.807) is 0 Å². The smallest absolute Gasteiger partial charge is 0.186 e. The molecule has 1 aliphatic heterocycles. The number of ether oxygens (including phenoxy) is 2. The van der Waals surface area contributed by atoms with Crippen molar-refractivity contribution in [2.24, 2.45) is 46.3 Å². The fourth-order valence-electron chi connectivity index (χ4n) is 10.6. The molecule has 4 fully saturated rings. The third-order valence-corrected chi connectivity index (χ3v) is 13.2. The van der Waals surface area contributed by atoms with Gasteiger partial charge in [-0.3, -0.25) is 0 Å². The van der Waals surface area contributed by atoms with Gasteiger partial charge in [-0.2, -0.15) is 0 Å². The van der Waals surface area contributed by atoms with Crippen molar-refractivity contribution in [1.29, 1.82) is 0 Å². The molecule has 0 radical (unpaired) electrons. The van der Waals surface area contributed by atoms with E-state index in [-0.39, 0.29) is 11.5 Å². The number of rotatable bonds is 9. The van der Waals surface area contributed by atoms with E-state index < -0.39 is 37.3 Å². The van der Waals surface area contributed by atoms with Gasteiger partial charge in [0, 0.05) is 0 Å². The van der Waals surface area contributed by atoms with E-state index in [9.17, 15) is 20.4 Å². The highest BCUT2D eigenvalue weighted by molar-refractivity contribution is 5.25. The van der Waals surface area contributed by atoms with Crippen LogP contribution in [0.5, 0.6) is 0 Å². The van der Waals surface area contributed by atoms with Crippen LogP contribution in [0.25, 0.3) is 0 Å². The predicted molar refractivity (Wildman–Crippen MR) is 161 cm³/mol. The second-order valence-electron chi connectivity index (χ2n) is 15.2. The van der Waals surface area contributed by atoms with E-state index in [4.69, 9.17) is 9.47 Å². The second kappa shape index (κ2) is 12.3. The van der Waals surface area contributed by atoms with Crippen LogP contribution in [0.2, 0.25) is 0 Å². The van der Waals surface area contributed by atoms with Crippen molar-refractivity contribution in [2.45, 2.75) is 142 Å². The molecule has 5 rings (SSSR count). The van der Waals surface area contributed by atoms with Gasteiger partial charge >= 0.3 is 0 Å². The molecule has 0 aromatic carbocycles. The Kier molecular flexibility index (Phi) is 9.51. The SMILES string of the molecule is C=C(C)[C@@H](CC)CC[C@@H](C)[C@H]1CC[C@H]2[C@@H]3CC=C4C[C@@H](OC5OC(CO)C(O)C(O)C5O)CC[C@]4(C)[C@H]3CC[C@]12C. The first-order valence-corrected chi connectivity index (χ1v) is 16.7. The number of allylic oxidation sites excluding steroid dienone is 2. The van der Waals surface area contributed by atoms with Crippen molar-refractivity contribution in [2.75, 3.05) is 6.61 Å². The molecule has 4 N–H and O–H groups in total. The van der Waals surface area contributed by atoms with Crippen LogP contribution in [0.4, 0.5) is 0 Å². The lowest BCUT2D eigenvalue weighted by Crippen LogP contribution is -2.60. The number of fused-ring (bicyclic) bond motifs is 5. The first-order valence-electron chi connectivity index (χ1n) is 16.7. The van der Waals surface area contributed by atoms with Crippen LogP contribution < -0.4 is 0 Å². The second-order valence-corrected chi connectivity index (χ2v) is 15.2.